The lowest BCUT2D eigenvalue weighted by Gasteiger charge is -2.17. The maximum atomic E-state index is 4.63. The lowest BCUT2D eigenvalue weighted by molar-refractivity contribution is 0.538. The lowest BCUT2D eigenvalue weighted by atomic mass is 10.1. The van der Waals surface area contributed by atoms with Crippen molar-refractivity contribution < 1.29 is 0 Å². The number of rotatable bonds is 6. The smallest absolute Gasteiger partial charge is 0.136 e. The van der Waals surface area contributed by atoms with E-state index in [0.717, 1.165) is 23.9 Å². The van der Waals surface area contributed by atoms with Crippen LogP contribution in [0.3, 0.4) is 0 Å². The molecule has 0 radical (unpaired) electrons. The summed E-state index contributed by atoms with van der Waals surface area (Å²) in [4.78, 5) is 9.15. The van der Waals surface area contributed by atoms with Crippen LogP contribution in [0.2, 0.25) is 0 Å². The molecule has 2 N–H and O–H groups in total. The van der Waals surface area contributed by atoms with E-state index in [4.69, 9.17) is 0 Å². The number of nitrogens with zero attached hydrogens (tertiary/aromatic N) is 2. The number of hydrogen-bond donors (Lipinski definition) is 2. The van der Waals surface area contributed by atoms with E-state index in [1.165, 1.54) is 12.8 Å². The zero-order chi connectivity index (χ0) is 13.1. The van der Waals surface area contributed by atoms with Gasteiger partial charge in [0.15, 0.2) is 0 Å². The third-order valence-corrected chi connectivity index (χ3v) is 3.16. The molecule has 0 aromatic carbocycles. The largest absolute Gasteiger partial charge is 0.373 e. The average Bonchev–Trinajstić information content (AvgIpc) is 3.10. The fourth-order valence-corrected chi connectivity index (χ4v) is 2.21. The second-order valence-electron chi connectivity index (χ2n) is 5.70. The molecule has 0 aliphatic heterocycles. The third-order valence-electron chi connectivity index (χ3n) is 3.16. The van der Waals surface area contributed by atoms with Crippen LogP contribution in [0.1, 0.15) is 51.8 Å². The first-order chi connectivity index (χ1) is 8.58. The van der Waals surface area contributed by atoms with Crippen LogP contribution in [0.4, 0.5) is 11.6 Å². The van der Waals surface area contributed by atoms with E-state index < -0.39 is 0 Å². The van der Waals surface area contributed by atoms with Gasteiger partial charge in [-0.25, -0.2) is 9.97 Å². The molecule has 1 fully saturated rings. The second-order valence-corrected chi connectivity index (χ2v) is 5.70. The summed E-state index contributed by atoms with van der Waals surface area (Å²) >= 11 is 0. The molecule has 1 saturated carbocycles. The first-order valence-corrected chi connectivity index (χ1v) is 6.91. The van der Waals surface area contributed by atoms with Crippen LogP contribution in [-0.2, 0) is 0 Å². The van der Waals surface area contributed by atoms with E-state index >= 15 is 0 Å². The fraction of sp³-hybridized carbons (Fsp3) is 0.714. The van der Waals surface area contributed by atoms with E-state index in [1.807, 2.05) is 13.1 Å². The van der Waals surface area contributed by atoms with Crippen molar-refractivity contribution in [1.29, 1.82) is 0 Å². The van der Waals surface area contributed by atoms with Crippen LogP contribution in [0.25, 0.3) is 0 Å². The van der Waals surface area contributed by atoms with Gasteiger partial charge in [0, 0.05) is 25.1 Å². The molecule has 1 aromatic rings. The highest BCUT2D eigenvalue weighted by Gasteiger charge is 2.27. The molecule has 1 unspecified atom stereocenters. The molecule has 0 saturated heterocycles. The molecule has 0 amide bonds. The minimum Gasteiger partial charge on any atom is -0.373 e. The Hall–Kier alpha value is -1.32. The molecule has 1 aromatic heterocycles. The number of hydrogen-bond acceptors (Lipinski definition) is 4. The molecular formula is C14H24N4. The first-order valence-electron chi connectivity index (χ1n) is 6.91. The van der Waals surface area contributed by atoms with Crippen molar-refractivity contribution >= 4 is 11.6 Å². The van der Waals surface area contributed by atoms with Crippen LogP contribution in [0, 0.1) is 5.92 Å². The van der Waals surface area contributed by atoms with Gasteiger partial charge in [-0.1, -0.05) is 13.8 Å². The second kappa shape index (κ2) is 5.55. The van der Waals surface area contributed by atoms with Gasteiger partial charge >= 0.3 is 0 Å². The highest BCUT2D eigenvalue weighted by atomic mass is 15.1. The van der Waals surface area contributed by atoms with Crippen molar-refractivity contribution in [3.8, 4) is 0 Å². The Balaban J connectivity index is 2.08. The predicted molar refractivity (Wildman–Crippen MR) is 76.1 cm³/mol. The average molecular weight is 248 g/mol. The fourth-order valence-electron chi connectivity index (χ4n) is 2.21. The maximum absolute atomic E-state index is 4.63. The number of nitrogens with one attached hydrogen (secondary N) is 2. The predicted octanol–water partition coefficient (Wildman–Crippen LogP) is 3.24. The highest BCUT2D eigenvalue weighted by Crippen LogP contribution is 2.38. The Morgan fingerprint density at radius 3 is 2.44 bits per heavy atom. The molecule has 0 bridgehead atoms. The normalized spacial score (nSPS) is 16.7. The van der Waals surface area contributed by atoms with E-state index in [9.17, 15) is 0 Å². The Morgan fingerprint density at radius 2 is 1.89 bits per heavy atom. The minimum atomic E-state index is 0.441. The van der Waals surface area contributed by atoms with Crippen LogP contribution in [-0.4, -0.2) is 23.1 Å². The molecule has 1 aliphatic carbocycles. The summed E-state index contributed by atoms with van der Waals surface area (Å²) in [7, 11) is 1.90. The molecule has 0 spiro atoms. The van der Waals surface area contributed by atoms with Crippen LogP contribution in [0.15, 0.2) is 6.07 Å². The zero-order valence-corrected chi connectivity index (χ0v) is 11.8. The van der Waals surface area contributed by atoms with Crippen molar-refractivity contribution in [2.24, 2.45) is 5.92 Å². The molecule has 4 heteroatoms. The summed E-state index contributed by atoms with van der Waals surface area (Å²) in [5.41, 5.74) is 0. The number of anilines is 2. The summed E-state index contributed by atoms with van der Waals surface area (Å²) in [6.07, 6.45) is 3.61. The third kappa shape index (κ3) is 3.59. The standard InChI is InChI=1S/C14H24N4/c1-9(2)7-10(3)16-13-8-12(15-4)17-14(18-13)11-5-6-11/h8-11H,5-7H2,1-4H3,(H2,15,16,17,18). The lowest BCUT2D eigenvalue weighted by Crippen LogP contribution is -2.19. The van der Waals surface area contributed by atoms with Gasteiger partial charge in [0.2, 0.25) is 0 Å². The van der Waals surface area contributed by atoms with Gasteiger partial charge in [0.1, 0.15) is 17.5 Å². The summed E-state index contributed by atoms with van der Waals surface area (Å²) in [5, 5.41) is 6.59. The van der Waals surface area contributed by atoms with E-state index in [1.54, 1.807) is 0 Å². The quantitative estimate of drug-likeness (QED) is 0.811. The number of aromatic nitrogens is 2. The molecule has 100 valence electrons. The SMILES string of the molecule is CNc1cc(NC(C)CC(C)C)nc(C2CC2)n1. The topological polar surface area (TPSA) is 49.8 Å². The van der Waals surface area contributed by atoms with Crippen molar-refractivity contribution in [2.75, 3.05) is 17.7 Å². The Labute approximate surface area is 110 Å². The summed E-state index contributed by atoms with van der Waals surface area (Å²) < 4.78 is 0. The van der Waals surface area contributed by atoms with E-state index in [2.05, 4.69) is 41.4 Å². The van der Waals surface area contributed by atoms with Crippen LogP contribution >= 0.6 is 0 Å². The van der Waals surface area contributed by atoms with Gasteiger partial charge in [-0.2, -0.15) is 0 Å². The molecule has 2 rings (SSSR count). The van der Waals surface area contributed by atoms with Gasteiger partial charge in [-0.15, -0.1) is 0 Å². The first kappa shape index (κ1) is 13.1. The summed E-state index contributed by atoms with van der Waals surface area (Å²) in [6, 6.07) is 2.43. The van der Waals surface area contributed by atoms with Crippen molar-refractivity contribution in [1.82, 2.24) is 9.97 Å². The maximum Gasteiger partial charge on any atom is 0.136 e. The van der Waals surface area contributed by atoms with E-state index in [-0.39, 0.29) is 0 Å². The van der Waals surface area contributed by atoms with Gasteiger partial charge in [0.25, 0.3) is 0 Å². The molecular weight excluding hydrogens is 224 g/mol. The Bertz CT molecular complexity index is 399. The summed E-state index contributed by atoms with van der Waals surface area (Å²) in [6.45, 7) is 6.69. The molecule has 1 heterocycles. The summed E-state index contributed by atoms with van der Waals surface area (Å²) in [5.74, 6) is 4.12. The zero-order valence-electron chi connectivity index (χ0n) is 11.8. The highest BCUT2D eigenvalue weighted by molar-refractivity contribution is 5.48. The van der Waals surface area contributed by atoms with Crippen LogP contribution < -0.4 is 10.6 Å². The van der Waals surface area contributed by atoms with Gasteiger partial charge in [-0.05, 0) is 32.1 Å². The van der Waals surface area contributed by atoms with Crippen molar-refractivity contribution in [3.05, 3.63) is 11.9 Å². The molecule has 4 nitrogen and oxygen atoms in total. The van der Waals surface area contributed by atoms with E-state index in [0.29, 0.717) is 17.9 Å². The monoisotopic (exact) mass is 248 g/mol. The van der Waals surface area contributed by atoms with Gasteiger partial charge in [-0.3, -0.25) is 0 Å². The Kier molecular flexibility index (Phi) is 4.04. The Morgan fingerprint density at radius 1 is 1.22 bits per heavy atom. The van der Waals surface area contributed by atoms with Crippen molar-refractivity contribution in [3.63, 3.8) is 0 Å². The van der Waals surface area contributed by atoms with Crippen molar-refractivity contribution in [2.45, 2.75) is 52.0 Å². The molecule has 1 atom stereocenters. The van der Waals surface area contributed by atoms with Crippen LogP contribution in [0.5, 0.6) is 0 Å². The van der Waals surface area contributed by atoms with Gasteiger partial charge < -0.3 is 10.6 Å². The molecule has 18 heavy (non-hydrogen) atoms. The molecule has 1 aliphatic rings. The van der Waals surface area contributed by atoms with Gasteiger partial charge in [0.05, 0.1) is 0 Å². The minimum absolute atomic E-state index is 0.441.